The summed E-state index contributed by atoms with van der Waals surface area (Å²) in [5, 5.41) is 9.40. The van der Waals surface area contributed by atoms with Crippen molar-refractivity contribution in [1.29, 1.82) is 0 Å². The minimum absolute atomic E-state index is 0.119. The first-order chi connectivity index (χ1) is 8.56. The average molecular weight is 246 g/mol. The van der Waals surface area contributed by atoms with Gasteiger partial charge in [0, 0.05) is 12.8 Å². The third kappa shape index (κ3) is 2.43. The molecule has 1 unspecified atom stereocenters. The predicted molar refractivity (Wildman–Crippen MR) is 72.7 cm³/mol. The summed E-state index contributed by atoms with van der Waals surface area (Å²) in [7, 11) is 0. The standard InChI is InChI=1S/C16H22O2/c1-3-16(2,12-4-8-14(17)9-5-12)13-6-10-15(18)11-7-13/h4-5,8-9,13,17H,3,6-7,10-11H2,1-2H3. The molecule has 0 heterocycles. The minimum atomic E-state index is 0.119. The number of rotatable bonds is 3. The fourth-order valence-electron chi connectivity index (χ4n) is 3.15. The quantitative estimate of drug-likeness (QED) is 0.880. The maximum absolute atomic E-state index is 11.4. The third-order valence-corrected chi connectivity index (χ3v) is 4.71. The van der Waals surface area contributed by atoms with Crippen molar-refractivity contribution in [2.45, 2.75) is 51.4 Å². The summed E-state index contributed by atoms with van der Waals surface area (Å²) in [6, 6.07) is 7.57. The SMILES string of the molecule is CCC(C)(c1ccc(O)cc1)C1CCC(=O)CC1. The molecule has 1 aromatic carbocycles. The molecule has 1 aliphatic rings. The molecule has 18 heavy (non-hydrogen) atoms. The number of carbonyl (C=O) groups excluding carboxylic acids is 1. The normalized spacial score (nSPS) is 20.7. The summed E-state index contributed by atoms with van der Waals surface area (Å²) in [6.07, 6.45) is 4.54. The highest BCUT2D eigenvalue weighted by Crippen LogP contribution is 2.42. The van der Waals surface area contributed by atoms with E-state index >= 15 is 0 Å². The molecule has 0 radical (unpaired) electrons. The maximum Gasteiger partial charge on any atom is 0.132 e. The molecule has 2 rings (SSSR count). The molecule has 0 aromatic heterocycles. The van der Waals surface area contributed by atoms with E-state index in [0.717, 1.165) is 32.1 Å². The van der Waals surface area contributed by atoms with E-state index in [1.165, 1.54) is 5.56 Å². The first-order valence-electron chi connectivity index (χ1n) is 6.87. The van der Waals surface area contributed by atoms with Crippen molar-refractivity contribution in [2.24, 2.45) is 5.92 Å². The summed E-state index contributed by atoms with van der Waals surface area (Å²) in [5.74, 6) is 1.30. The van der Waals surface area contributed by atoms with E-state index in [2.05, 4.69) is 13.8 Å². The summed E-state index contributed by atoms with van der Waals surface area (Å²) < 4.78 is 0. The second-order valence-corrected chi connectivity index (χ2v) is 5.63. The van der Waals surface area contributed by atoms with Crippen LogP contribution in [0.15, 0.2) is 24.3 Å². The van der Waals surface area contributed by atoms with Crippen molar-refractivity contribution in [2.75, 3.05) is 0 Å². The van der Waals surface area contributed by atoms with Gasteiger partial charge in [0.05, 0.1) is 0 Å². The molecule has 1 N–H and O–H groups in total. The van der Waals surface area contributed by atoms with Crippen LogP contribution in [0.5, 0.6) is 5.75 Å². The molecular formula is C16H22O2. The summed E-state index contributed by atoms with van der Waals surface area (Å²) >= 11 is 0. The van der Waals surface area contributed by atoms with Gasteiger partial charge in [-0.25, -0.2) is 0 Å². The van der Waals surface area contributed by atoms with Gasteiger partial charge in [0.1, 0.15) is 11.5 Å². The monoisotopic (exact) mass is 246 g/mol. The lowest BCUT2D eigenvalue weighted by Gasteiger charge is -2.39. The predicted octanol–water partition coefficient (Wildman–Crippen LogP) is 3.82. The Labute approximate surface area is 109 Å². The molecule has 98 valence electrons. The van der Waals surface area contributed by atoms with Crippen LogP contribution in [-0.2, 0) is 10.2 Å². The summed E-state index contributed by atoms with van der Waals surface area (Å²) in [4.78, 5) is 11.4. The summed E-state index contributed by atoms with van der Waals surface area (Å²) in [5.41, 5.74) is 1.40. The van der Waals surface area contributed by atoms with Gasteiger partial charge in [-0.15, -0.1) is 0 Å². The lowest BCUT2D eigenvalue weighted by atomic mass is 9.65. The highest BCUT2D eigenvalue weighted by molar-refractivity contribution is 5.79. The number of phenolic OH excluding ortho intramolecular Hbond substituents is 1. The van der Waals surface area contributed by atoms with E-state index in [4.69, 9.17) is 0 Å². The van der Waals surface area contributed by atoms with E-state index in [0.29, 0.717) is 17.5 Å². The maximum atomic E-state index is 11.4. The number of benzene rings is 1. The molecule has 0 saturated heterocycles. The lowest BCUT2D eigenvalue weighted by Crippen LogP contribution is -2.34. The van der Waals surface area contributed by atoms with Crippen molar-refractivity contribution in [3.05, 3.63) is 29.8 Å². The second-order valence-electron chi connectivity index (χ2n) is 5.63. The molecule has 2 heteroatoms. The van der Waals surface area contributed by atoms with Crippen molar-refractivity contribution < 1.29 is 9.90 Å². The molecule has 1 atom stereocenters. The minimum Gasteiger partial charge on any atom is -0.508 e. The van der Waals surface area contributed by atoms with Crippen LogP contribution in [0.3, 0.4) is 0 Å². The van der Waals surface area contributed by atoms with E-state index in [1.54, 1.807) is 12.1 Å². The second kappa shape index (κ2) is 5.13. The Kier molecular flexibility index (Phi) is 3.74. The Balaban J connectivity index is 2.24. The number of hydrogen-bond donors (Lipinski definition) is 1. The fourth-order valence-corrected chi connectivity index (χ4v) is 3.15. The molecule has 1 fully saturated rings. The van der Waals surface area contributed by atoms with Crippen LogP contribution in [0.4, 0.5) is 0 Å². The van der Waals surface area contributed by atoms with Crippen LogP contribution < -0.4 is 0 Å². The van der Waals surface area contributed by atoms with Gasteiger partial charge in [0.2, 0.25) is 0 Å². The van der Waals surface area contributed by atoms with Crippen LogP contribution in [-0.4, -0.2) is 10.9 Å². The molecule has 0 aliphatic heterocycles. The Morgan fingerprint density at radius 1 is 1.22 bits per heavy atom. The zero-order valence-electron chi connectivity index (χ0n) is 11.3. The number of Topliss-reactive ketones (excluding diaryl/α,β-unsaturated/α-hetero) is 1. The van der Waals surface area contributed by atoms with Crippen LogP contribution in [0, 0.1) is 5.92 Å². The number of aromatic hydroxyl groups is 1. The van der Waals surface area contributed by atoms with Gasteiger partial charge in [-0.1, -0.05) is 26.0 Å². The van der Waals surface area contributed by atoms with Crippen molar-refractivity contribution in [1.82, 2.24) is 0 Å². The smallest absolute Gasteiger partial charge is 0.132 e. The van der Waals surface area contributed by atoms with Gasteiger partial charge >= 0.3 is 0 Å². The molecule has 0 bridgehead atoms. The largest absolute Gasteiger partial charge is 0.508 e. The number of hydrogen-bond acceptors (Lipinski definition) is 2. The first-order valence-corrected chi connectivity index (χ1v) is 6.87. The topological polar surface area (TPSA) is 37.3 Å². The van der Waals surface area contributed by atoms with Crippen molar-refractivity contribution >= 4 is 5.78 Å². The molecular weight excluding hydrogens is 224 g/mol. The van der Waals surface area contributed by atoms with Gasteiger partial charge in [-0.05, 0) is 48.3 Å². The molecule has 0 amide bonds. The Morgan fingerprint density at radius 3 is 2.28 bits per heavy atom. The Morgan fingerprint density at radius 2 is 1.78 bits per heavy atom. The molecule has 1 aliphatic carbocycles. The zero-order valence-corrected chi connectivity index (χ0v) is 11.3. The van der Waals surface area contributed by atoms with Gasteiger partial charge < -0.3 is 5.11 Å². The fraction of sp³-hybridized carbons (Fsp3) is 0.562. The van der Waals surface area contributed by atoms with Crippen molar-refractivity contribution in [3.8, 4) is 5.75 Å². The Hall–Kier alpha value is -1.31. The average Bonchev–Trinajstić information content (AvgIpc) is 2.39. The van der Waals surface area contributed by atoms with Gasteiger partial charge in [-0.2, -0.15) is 0 Å². The summed E-state index contributed by atoms with van der Waals surface area (Å²) in [6.45, 7) is 4.50. The van der Waals surface area contributed by atoms with E-state index in [1.807, 2.05) is 12.1 Å². The van der Waals surface area contributed by atoms with Gasteiger partial charge in [0.15, 0.2) is 0 Å². The molecule has 0 spiro atoms. The number of phenols is 1. The highest BCUT2D eigenvalue weighted by atomic mass is 16.3. The lowest BCUT2D eigenvalue weighted by molar-refractivity contribution is -0.121. The molecule has 2 nitrogen and oxygen atoms in total. The van der Waals surface area contributed by atoms with E-state index in [-0.39, 0.29) is 5.41 Å². The van der Waals surface area contributed by atoms with Gasteiger partial charge in [-0.3, -0.25) is 4.79 Å². The number of carbonyl (C=O) groups is 1. The third-order valence-electron chi connectivity index (χ3n) is 4.71. The van der Waals surface area contributed by atoms with Crippen LogP contribution in [0.1, 0.15) is 51.5 Å². The van der Waals surface area contributed by atoms with E-state index < -0.39 is 0 Å². The van der Waals surface area contributed by atoms with Gasteiger partial charge in [0.25, 0.3) is 0 Å². The highest BCUT2D eigenvalue weighted by Gasteiger charge is 2.36. The Bertz CT molecular complexity index is 411. The van der Waals surface area contributed by atoms with Crippen LogP contribution in [0.25, 0.3) is 0 Å². The molecule has 1 saturated carbocycles. The van der Waals surface area contributed by atoms with Crippen molar-refractivity contribution in [3.63, 3.8) is 0 Å². The first kappa shape index (κ1) is 13.1. The van der Waals surface area contributed by atoms with E-state index in [9.17, 15) is 9.90 Å². The number of ketones is 1. The zero-order chi connectivity index (χ0) is 13.2. The molecule has 1 aromatic rings. The van der Waals surface area contributed by atoms with Crippen LogP contribution >= 0.6 is 0 Å². The van der Waals surface area contributed by atoms with Crippen LogP contribution in [0.2, 0.25) is 0 Å².